The van der Waals surface area contributed by atoms with Gasteiger partial charge < -0.3 is 4.42 Å². The van der Waals surface area contributed by atoms with Crippen LogP contribution in [0.15, 0.2) is 22.7 Å². The maximum Gasteiger partial charge on any atom is 0.249 e. The molecule has 0 aliphatic carbocycles. The van der Waals surface area contributed by atoms with Gasteiger partial charge in [0.15, 0.2) is 0 Å². The van der Waals surface area contributed by atoms with Gasteiger partial charge in [-0.3, -0.25) is 4.98 Å². The van der Waals surface area contributed by atoms with E-state index in [2.05, 4.69) is 29.0 Å². The van der Waals surface area contributed by atoms with Crippen LogP contribution < -0.4 is 0 Å². The lowest BCUT2D eigenvalue weighted by Gasteiger charge is -2.03. The fraction of sp³-hybridized carbons (Fsp3) is 0.462. The number of aromatic nitrogens is 3. The highest BCUT2D eigenvalue weighted by Gasteiger charge is 2.07. The highest BCUT2D eigenvalue weighted by atomic mass is 16.4. The zero-order valence-electron chi connectivity index (χ0n) is 11.1. The zero-order valence-corrected chi connectivity index (χ0v) is 11.1. The van der Waals surface area contributed by atoms with Gasteiger partial charge in [-0.15, -0.1) is 10.2 Å². The van der Waals surface area contributed by atoms with Crippen LogP contribution in [0.2, 0.25) is 0 Å². The molecular formula is C13H19N3O. The number of hydrogen-bond donors (Lipinski definition) is 0. The number of pyridine rings is 1. The Balaban J connectivity index is 0.000000686. The molecule has 0 aliphatic rings. The molecule has 0 N–H and O–H groups in total. The second kappa shape index (κ2) is 6.13. The molecule has 0 atom stereocenters. The molecule has 0 spiro atoms. The van der Waals surface area contributed by atoms with Crippen LogP contribution in [-0.4, -0.2) is 15.2 Å². The van der Waals surface area contributed by atoms with Gasteiger partial charge in [-0.2, -0.15) is 0 Å². The molecule has 2 rings (SSSR count). The molecule has 0 saturated carbocycles. The van der Waals surface area contributed by atoms with Crippen molar-refractivity contribution in [2.45, 2.75) is 40.5 Å². The lowest BCUT2D eigenvalue weighted by Crippen LogP contribution is -1.91. The Morgan fingerprint density at radius 2 is 1.82 bits per heavy atom. The van der Waals surface area contributed by atoms with Crippen molar-refractivity contribution < 1.29 is 4.42 Å². The average molecular weight is 233 g/mol. The molecule has 0 amide bonds. The monoisotopic (exact) mass is 233 g/mol. The highest BCUT2D eigenvalue weighted by molar-refractivity contribution is 5.50. The van der Waals surface area contributed by atoms with Gasteiger partial charge in [0.05, 0.1) is 5.56 Å². The fourth-order valence-corrected chi connectivity index (χ4v) is 1.29. The van der Waals surface area contributed by atoms with Gasteiger partial charge in [0.25, 0.3) is 0 Å². The van der Waals surface area contributed by atoms with Crippen molar-refractivity contribution in [3.63, 3.8) is 0 Å². The predicted molar refractivity (Wildman–Crippen MR) is 67.7 cm³/mol. The normalized spacial score (nSPS) is 10.0. The lowest BCUT2D eigenvalue weighted by atomic mass is 10.1. The number of nitrogens with zero attached hydrogens (tertiary/aromatic N) is 3. The molecule has 92 valence electrons. The standard InChI is InChI=1S/C11H13N3O.C2H6/c1-7(2)10-5-4-9(6-12-10)11-14-13-8(3)15-11;1-2/h4-7H,1-3H3;1-2H3. The van der Waals surface area contributed by atoms with Gasteiger partial charge >= 0.3 is 0 Å². The summed E-state index contributed by atoms with van der Waals surface area (Å²) >= 11 is 0. The Labute approximate surface area is 102 Å². The van der Waals surface area contributed by atoms with Crippen molar-refractivity contribution in [3.8, 4) is 11.5 Å². The van der Waals surface area contributed by atoms with Crippen molar-refractivity contribution >= 4 is 0 Å². The van der Waals surface area contributed by atoms with Crippen molar-refractivity contribution in [1.29, 1.82) is 0 Å². The van der Waals surface area contributed by atoms with E-state index in [-0.39, 0.29) is 0 Å². The molecule has 2 aromatic heterocycles. The van der Waals surface area contributed by atoms with E-state index in [0.717, 1.165) is 11.3 Å². The summed E-state index contributed by atoms with van der Waals surface area (Å²) in [6, 6.07) is 3.94. The van der Waals surface area contributed by atoms with E-state index in [1.807, 2.05) is 26.0 Å². The van der Waals surface area contributed by atoms with Crippen LogP contribution in [0.25, 0.3) is 11.5 Å². The van der Waals surface area contributed by atoms with Gasteiger partial charge in [0.1, 0.15) is 0 Å². The average Bonchev–Trinajstić information content (AvgIpc) is 2.79. The molecule has 0 aliphatic heterocycles. The molecule has 2 heterocycles. The van der Waals surface area contributed by atoms with E-state index in [9.17, 15) is 0 Å². The molecule has 0 saturated heterocycles. The van der Waals surface area contributed by atoms with Crippen LogP contribution in [0, 0.1) is 6.92 Å². The van der Waals surface area contributed by atoms with Gasteiger partial charge in [-0.25, -0.2) is 0 Å². The van der Waals surface area contributed by atoms with E-state index in [1.165, 1.54) is 0 Å². The molecule has 17 heavy (non-hydrogen) atoms. The van der Waals surface area contributed by atoms with E-state index >= 15 is 0 Å². The van der Waals surface area contributed by atoms with Gasteiger partial charge in [-0.1, -0.05) is 27.7 Å². The Hall–Kier alpha value is -1.71. The van der Waals surface area contributed by atoms with Crippen molar-refractivity contribution in [2.75, 3.05) is 0 Å². The summed E-state index contributed by atoms with van der Waals surface area (Å²) < 4.78 is 5.31. The second-order valence-corrected chi connectivity index (χ2v) is 3.75. The summed E-state index contributed by atoms with van der Waals surface area (Å²) in [7, 11) is 0. The first-order valence-corrected chi connectivity index (χ1v) is 5.93. The molecule has 0 bridgehead atoms. The minimum atomic E-state index is 0.434. The topological polar surface area (TPSA) is 51.8 Å². The van der Waals surface area contributed by atoms with E-state index in [0.29, 0.717) is 17.7 Å². The SMILES string of the molecule is CC.Cc1nnc(-c2ccc(C(C)C)nc2)o1. The number of rotatable bonds is 2. The summed E-state index contributed by atoms with van der Waals surface area (Å²) in [5, 5.41) is 7.71. The lowest BCUT2D eigenvalue weighted by molar-refractivity contribution is 0.532. The Morgan fingerprint density at radius 3 is 2.24 bits per heavy atom. The summed E-state index contributed by atoms with van der Waals surface area (Å²) in [5.74, 6) is 1.52. The van der Waals surface area contributed by atoms with Crippen molar-refractivity contribution in [1.82, 2.24) is 15.2 Å². The first-order chi connectivity index (χ1) is 8.16. The van der Waals surface area contributed by atoms with Crippen LogP contribution >= 0.6 is 0 Å². The first kappa shape index (κ1) is 13.4. The van der Waals surface area contributed by atoms with Crippen LogP contribution in [0.4, 0.5) is 0 Å². The van der Waals surface area contributed by atoms with Crippen molar-refractivity contribution in [2.24, 2.45) is 0 Å². The van der Waals surface area contributed by atoms with E-state index < -0.39 is 0 Å². The minimum absolute atomic E-state index is 0.434. The van der Waals surface area contributed by atoms with Gasteiger partial charge in [0.2, 0.25) is 11.8 Å². The Morgan fingerprint density at radius 1 is 1.12 bits per heavy atom. The summed E-state index contributed by atoms with van der Waals surface area (Å²) in [4.78, 5) is 4.34. The first-order valence-electron chi connectivity index (χ1n) is 5.93. The molecule has 0 aromatic carbocycles. The van der Waals surface area contributed by atoms with Gasteiger partial charge in [0, 0.05) is 18.8 Å². The Kier molecular flexibility index (Phi) is 4.82. The third-order valence-electron chi connectivity index (χ3n) is 2.15. The second-order valence-electron chi connectivity index (χ2n) is 3.75. The van der Waals surface area contributed by atoms with Crippen molar-refractivity contribution in [3.05, 3.63) is 29.9 Å². The maximum absolute atomic E-state index is 5.31. The quantitative estimate of drug-likeness (QED) is 0.795. The van der Waals surface area contributed by atoms with E-state index in [1.54, 1.807) is 13.1 Å². The molecule has 0 fully saturated rings. The molecule has 2 aromatic rings. The fourth-order valence-electron chi connectivity index (χ4n) is 1.29. The highest BCUT2D eigenvalue weighted by Crippen LogP contribution is 2.18. The van der Waals surface area contributed by atoms with E-state index in [4.69, 9.17) is 4.42 Å². The largest absolute Gasteiger partial charge is 0.421 e. The van der Waals surface area contributed by atoms with Crippen LogP contribution in [0.1, 0.15) is 45.2 Å². The third kappa shape index (κ3) is 3.37. The zero-order chi connectivity index (χ0) is 12.8. The summed E-state index contributed by atoms with van der Waals surface area (Å²) in [6.45, 7) is 9.99. The Bertz CT molecular complexity index is 446. The van der Waals surface area contributed by atoms with Gasteiger partial charge in [-0.05, 0) is 18.1 Å². The van der Waals surface area contributed by atoms with Crippen LogP contribution in [0.5, 0.6) is 0 Å². The number of hydrogen-bond acceptors (Lipinski definition) is 4. The smallest absolute Gasteiger partial charge is 0.249 e. The summed E-state index contributed by atoms with van der Waals surface area (Å²) in [5.41, 5.74) is 1.93. The predicted octanol–water partition coefficient (Wildman–Crippen LogP) is 3.59. The molecular weight excluding hydrogens is 214 g/mol. The van der Waals surface area contributed by atoms with Crippen LogP contribution in [-0.2, 0) is 0 Å². The third-order valence-corrected chi connectivity index (χ3v) is 2.15. The maximum atomic E-state index is 5.31. The molecule has 0 unspecified atom stereocenters. The number of aryl methyl sites for hydroxylation is 1. The summed E-state index contributed by atoms with van der Waals surface area (Å²) in [6.07, 6.45) is 1.77. The molecule has 4 heteroatoms. The van der Waals surface area contributed by atoms with Crippen LogP contribution in [0.3, 0.4) is 0 Å². The molecule has 0 radical (unpaired) electrons. The molecule has 4 nitrogen and oxygen atoms in total. The minimum Gasteiger partial charge on any atom is -0.421 e.